The molecule has 1 aromatic carbocycles. The summed E-state index contributed by atoms with van der Waals surface area (Å²) in [7, 11) is 1.66. The fraction of sp³-hybridized carbons (Fsp3) is 0.438. The zero-order valence-corrected chi connectivity index (χ0v) is 12.3. The largest absolute Gasteiger partial charge is 0.497 e. The van der Waals surface area contributed by atoms with E-state index in [1.165, 1.54) is 19.3 Å². The molecule has 0 spiro atoms. The van der Waals surface area contributed by atoms with Crippen molar-refractivity contribution in [1.82, 2.24) is 10.1 Å². The van der Waals surface area contributed by atoms with E-state index in [9.17, 15) is 0 Å². The third-order valence-electron chi connectivity index (χ3n) is 3.99. The summed E-state index contributed by atoms with van der Waals surface area (Å²) in [6, 6.07) is 7.82. The van der Waals surface area contributed by atoms with Gasteiger partial charge in [0.2, 0.25) is 5.88 Å². The van der Waals surface area contributed by atoms with E-state index in [2.05, 4.69) is 10.1 Å². The molecule has 0 aliphatic carbocycles. The average Bonchev–Trinajstić information content (AvgIpc) is 2.89. The number of rotatable bonds is 4. The number of likely N-dealkylation sites (tertiary alicyclic amines) is 1. The van der Waals surface area contributed by atoms with E-state index >= 15 is 0 Å². The predicted molar refractivity (Wildman–Crippen MR) is 82.0 cm³/mol. The number of piperidine rings is 1. The zero-order chi connectivity index (χ0) is 14.7. The molecule has 2 aromatic rings. The van der Waals surface area contributed by atoms with Crippen molar-refractivity contribution in [2.75, 3.05) is 25.9 Å². The number of hydrogen-bond donors (Lipinski definition) is 1. The third-order valence-corrected chi connectivity index (χ3v) is 3.99. The van der Waals surface area contributed by atoms with Crippen molar-refractivity contribution in [2.24, 2.45) is 0 Å². The second-order valence-electron chi connectivity index (χ2n) is 5.43. The maximum absolute atomic E-state index is 5.97. The lowest BCUT2D eigenvalue weighted by atomic mass is 10.0. The highest BCUT2D eigenvalue weighted by molar-refractivity contribution is 5.75. The topological polar surface area (TPSA) is 64.5 Å². The summed E-state index contributed by atoms with van der Waals surface area (Å²) in [6.07, 6.45) is 3.83. The molecule has 1 fully saturated rings. The monoisotopic (exact) mass is 287 g/mol. The molecule has 5 heteroatoms. The van der Waals surface area contributed by atoms with Crippen LogP contribution in [-0.2, 0) is 6.54 Å². The van der Waals surface area contributed by atoms with Crippen molar-refractivity contribution in [2.45, 2.75) is 25.8 Å². The molecule has 0 saturated carbocycles. The van der Waals surface area contributed by atoms with E-state index in [-0.39, 0.29) is 0 Å². The lowest BCUT2D eigenvalue weighted by molar-refractivity contribution is 0.215. The Morgan fingerprint density at radius 1 is 1.19 bits per heavy atom. The standard InChI is InChI=1S/C16H21N3O2/c1-20-13-7-5-12(6-8-13)15-14(18-21-16(15)17)11-19-9-3-2-4-10-19/h5-8H,2-4,9-11,17H2,1H3. The minimum absolute atomic E-state index is 0.382. The van der Waals surface area contributed by atoms with Crippen LogP contribution in [0.5, 0.6) is 5.75 Å². The number of nitrogens with two attached hydrogens (primary N) is 1. The number of ether oxygens (including phenoxy) is 1. The molecule has 21 heavy (non-hydrogen) atoms. The molecule has 5 nitrogen and oxygen atoms in total. The van der Waals surface area contributed by atoms with Gasteiger partial charge in [-0.15, -0.1) is 0 Å². The van der Waals surface area contributed by atoms with Gasteiger partial charge < -0.3 is 15.0 Å². The average molecular weight is 287 g/mol. The number of aromatic nitrogens is 1. The van der Waals surface area contributed by atoms with Crippen LogP contribution in [-0.4, -0.2) is 30.3 Å². The first-order valence-corrected chi connectivity index (χ1v) is 7.38. The van der Waals surface area contributed by atoms with Crippen LogP contribution in [0.1, 0.15) is 25.0 Å². The molecular weight excluding hydrogens is 266 g/mol. The van der Waals surface area contributed by atoms with Gasteiger partial charge >= 0.3 is 0 Å². The molecule has 2 heterocycles. The quantitative estimate of drug-likeness (QED) is 0.936. The molecule has 0 unspecified atom stereocenters. The number of nitrogens with zero attached hydrogens (tertiary/aromatic N) is 2. The molecule has 2 N–H and O–H groups in total. The Balaban J connectivity index is 1.85. The van der Waals surface area contributed by atoms with Crippen molar-refractivity contribution in [3.05, 3.63) is 30.0 Å². The van der Waals surface area contributed by atoms with Crippen LogP contribution in [0, 0.1) is 0 Å². The fourth-order valence-corrected chi connectivity index (χ4v) is 2.84. The first kappa shape index (κ1) is 13.9. The van der Waals surface area contributed by atoms with E-state index in [1.807, 2.05) is 24.3 Å². The summed E-state index contributed by atoms with van der Waals surface area (Å²) < 4.78 is 10.4. The van der Waals surface area contributed by atoms with Crippen LogP contribution in [0.2, 0.25) is 0 Å². The molecular formula is C16H21N3O2. The summed E-state index contributed by atoms with van der Waals surface area (Å²) in [5.41, 5.74) is 8.81. The van der Waals surface area contributed by atoms with Gasteiger partial charge in [-0.3, -0.25) is 4.90 Å². The number of methoxy groups -OCH3 is 1. The van der Waals surface area contributed by atoms with Gasteiger partial charge in [0.15, 0.2) is 0 Å². The minimum atomic E-state index is 0.382. The van der Waals surface area contributed by atoms with Gasteiger partial charge in [0.1, 0.15) is 11.4 Å². The highest BCUT2D eigenvalue weighted by Crippen LogP contribution is 2.32. The van der Waals surface area contributed by atoms with Crippen LogP contribution in [0.25, 0.3) is 11.1 Å². The minimum Gasteiger partial charge on any atom is -0.497 e. The predicted octanol–water partition coefficient (Wildman–Crippen LogP) is 2.92. The molecule has 3 rings (SSSR count). The third kappa shape index (κ3) is 3.03. The van der Waals surface area contributed by atoms with Gasteiger partial charge in [0, 0.05) is 6.54 Å². The van der Waals surface area contributed by atoms with Crippen LogP contribution in [0.3, 0.4) is 0 Å². The molecule has 1 aliphatic heterocycles. The first-order chi connectivity index (χ1) is 10.3. The van der Waals surface area contributed by atoms with E-state index in [1.54, 1.807) is 7.11 Å². The number of nitrogen functional groups attached to an aromatic ring is 1. The van der Waals surface area contributed by atoms with Crippen LogP contribution >= 0.6 is 0 Å². The van der Waals surface area contributed by atoms with Gasteiger partial charge in [-0.25, -0.2) is 0 Å². The lowest BCUT2D eigenvalue weighted by Gasteiger charge is -2.25. The molecule has 0 radical (unpaired) electrons. The maximum Gasteiger partial charge on any atom is 0.230 e. The van der Waals surface area contributed by atoms with E-state index in [0.29, 0.717) is 5.88 Å². The Morgan fingerprint density at radius 2 is 1.90 bits per heavy atom. The SMILES string of the molecule is COc1ccc(-c2c(CN3CCCCC3)noc2N)cc1. The van der Waals surface area contributed by atoms with Crippen LogP contribution in [0.4, 0.5) is 5.88 Å². The van der Waals surface area contributed by atoms with Crippen molar-refractivity contribution >= 4 is 5.88 Å². The number of benzene rings is 1. The lowest BCUT2D eigenvalue weighted by Crippen LogP contribution is -2.29. The Hall–Kier alpha value is -2.01. The molecule has 1 saturated heterocycles. The van der Waals surface area contributed by atoms with Crippen molar-refractivity contribution < 1.29 is 9.26 Å². The molecule has 112 valence electrons. The highest BCUT2D eigenvalue weighted by atomic mass is 16.5. The summed E-state index contributed by atoms with van der Waals surface area (Å²) in [6.45, 7) is 3.03. The van der Waals surface area contributed by atoms with E-state index in [0.717, 1.165) is 42.2 Å². The van der Waals surface area contributed by atoms with Gasteiger partial charge in [-0.05, 0) is 43.6 Å². The Morgan fingerprint density at radius 3 is 2.57 bits per heavy atom. The van der Waals surface area contributed by atoms with Crippen molar-refractivity contribution in [1.29, 1.82) is 0 Å². The highest BCUT2D eigenvalue weighted by Gasteiger charge is 2.19. The smallest absolute Gasteiger partial charge is 0.230 e. The van der Waals surface area contributed by atoms with Gasteiger partial charge in [-0.1, -0.05) is 23.7 Å². The Labute approximate surface area is 124 Å². The van der Waals surface area contributed by atoms with E-state index < -0.39 is 0 Å². The second kappa shape index (κ2) is 6.18. The zero-order valence-electron chi connectivity index (χ0n) is 12.3. The van der Waals surface area contributed by atoms with Gasteiger partial charge in [0.25, 0.3) is 0 Å². The molecule has 1 aliphatic rings. The summed E-state index contributed by atoms with van der Waals surface area (Å²) in [5, 5.41) is 4.16. The van der Waals surface area contributed by atoms with Gasteiger partial charge in [0.05, 0.1) is 12.7 Å². The fourth-order valence-electron chi connectivity index (χ4n) is 2.84. The second-order valence-corrected chi connectivity index (χ2v) is 5.43. The maximum atomic E-state index is 5.97. The molecule has 0 amide bonds. The van der Waals surface area contributed by atoms with E-state index in [4.69, 9.17) is 15.0 Å². The molecule has 0 bridgehead atoms. The van der Waals surface area contributed by atoms with Crippen LogP contribution in [0.15, 0.2) is 28.8 Å². The molecule has 1 aromatic heterocycles. The Bertz CT molecular complexity index is 586. The normalized spacial score (nSPS) is 16.0. The summed E-state index contributed by atoms with van der Waals surface area (Å²) >= 11 is 0. The number of hydrogen-bond acceptors (Lipinski definition) is 5. The molecule has 0 atom stereocenters. The van der Waals surface area contributed by atoms with Crippen molar-refractivity contribution in [3.8, 4) is 16.9 Å². The first-order valence-electron chi connectivity index (χ1n) is 7.38. The summed E-state index contributed by atoms with van der Waals surface area (Å²) in [5.74, 6) is 1.21. The summed E-state index contributed by atoms with van der Waals surface area (Å²) in [4.78, 5) is 2.41. The van der Waals surface area contributed by atoms with Gasteiger partial charge in [-0.2, -0.15) is 0 Å². The number of anilines is 1. The Kier molecular flexibility index (Phi) is 4.10. The van der Waals surface area contributed by atoms with Crippen LogP contribution < -0.4 is 10.5 Å². The van der Waals surface area contributed by atoms with Crippen molar-refractivity contribution in [3.63, 3.8) is 0 Å².